The van der Waals surface area contributed by atoms with Crippen LogP contribution in [-0.4, -0.2) is 59.9 Å². The van der Waals surface area contributed by atoms with Gasteiger partial charge in [-0.2, -0.15) is 0 Å². The van der Waals surface area contributed by atoms with Crippen LogP contribution < -0.4 is 10.6 Å². The Labute approximate surface area is 250 Å². The van der Waals surface area contributed by atoms with E-state index in [0.717, 1.165) is 68.1 Å². The first-order valence-electron chi connectivity index (χ1n) is 14.7. The number of nitrogens with one attached hydrogen (secondary N) is 2. The first kappa shape index (κ1) is 28.5. The first-order chi connectivity index (χ1) is 20.2. The highest BCUT2D eigenvalue weighted by molar-refractivity contribution is 7.13. The summed E-state index contributed by atoms with van der Waals surface area (Å²) in [5, 5.41) is 9.01. The molecule has 0 bridgehead atoms. The molecule has 0 atom stereocenters. The van der Waals surface area contributed by atoms with Gasteiger partial charge < -0.3 is 19.4 Å². The van der Waals surface area contributed by atoms with Crippen LogP contribution >= 0.6 is 11.3 Å². The molecule has 1 saturated carbocycles. The summed E-state index contributed by atoms with van der Waals surface area (Å²) < 4.78 is 13.3. The van der Waals surface area contributed by atoms with Crippen LogP contribution in [0, 0.1) is 0 Å². The molecule has 3 heterocycles. The second-order valence-electron chi connectivity index (χ2n) is 12.1. The SMILES string of the molecule is CC(C)(C)OC(=O)Nc1ccc(-c2cccs2)cc1NC(=O)c1cc(C2CC2)c2c(ccn2CCN2CCOCC2)c1. The number of rotatable bonds is 8. The lowest BCUT2D eigenvalue weighted by atomic mass is 10.0. The lowest BCUT2D eigenvalue weighted by Crippen LogP contribution is -2.38. The van der Waals surface area contributed by atoms with Crippen molar-refractivity contribution < 1.29 is 19.1 Å². The number of nitrogens with zero attached hydrogens (tertiary/aromatic N) is 2. The Morgan fingerprint density at radius 3 is 2.52 bits per heavy atom. The lowest BCUT2D eigenvalue weighted by molar-refractivity contribution is 0.0365. The van der Waals surface area contributed by atoms with Gasteiger partial charge in [0.2, 0.25) is 0 Å². The molecule has 0 radical (unpaired) electrons. The van der Waals surface area contributed by atoms with E-state index in [0.29, 0.717) is 22.9 Å². The van der Waals surface area contributed by atoms with Crippen molar-refractivity contribution in [1.82, 2.24) is 9.47 Å². The van der Waals surface area contributed by atoms with E-state index in [1.807, 2.05) is 62.5 Å². The smallest absolute Gasteiger partial charge is 0.412 e. The Balaban J connectivity index is 1.27. The molecule has 2 N–H and O–H groups in total. The number of ether oxygens (including phenoxy) is 2. The summed E-state index contributed by atoms with van der Waals surface area (Å²) in [6.07, 6.45) is 3.85. The van der Waals surface area contributed by atoms with E-state index in [4.69, 9.17) is 9.47 Å². The average Bonchev–Trinajstić information content (AvgIpc) is 3.49. The molecule has 1 aliphatic heterocycles. The third-order valence-corrected chi connectivity index (χ3v) is 8.56. The summed E-state index contributed by atoms with van der Waals surface area (Å²) in [5.74, 6) is 0.263. The molecule has 42 heavy (non-hydrogen) atoms. The van der Waals surface area contributed by atoms with Crippen LogP contribution in [0.1, 0.15) is 55.5 Å². The second-order valence-corrected chi connectivity index (χ2v) is 13.0. The summed E-state index contributed by atoms with van der Waals surface area (Å²) >= 11 is 1.62. The van der Waals surface area contributed by atoms with Crippen molar-refractivity contribution in [2.24, 2.45) is 0 Å². The van der Waals surface area contributed by atoms with E-state index in [1.54, 1.807) is 11.3 Å². The Hall–Kier alpha value is -3.66. The number of carbonyl (C=O) groups is 2. The number of amides is 2. The van der Waals surface area contributed by atoms with Gasteiger partial charge in [-0.1, -0.05) is 12.1 Å². The van der Waals surface area contributed by atoms with Crippen LogP contribution in [0.5, 0.6) is 0 Å². The van der Waals surface area contributed by atoms with E-state index in [2.05, 4.69) is 38.4 Å². The quantitative estimate of drug-likeness (QED) is 0.229. The Morgan fingerprint density at radius 2 is 1.81 bits per heavy atom. The number of thiophene rings is 1. The molecule has 0 spiro atoms. The van der Waals surface area contributed by atoms with Crippen molar-refractivity contribution in [3.63, 3.8) is 0 Å². The summed E-state index contributed by atoms with van der Waals surface area (Å²) in [6.45, 7) is 10.9. The Bertz CT molecular complexity index is 1580. The zero-order valence-electron chi connectivity index (χ0n) is 24.4. The van der Waals surface area contributed by atoms with Crippen LogP contribution in [0.15, 0.2) is 60.1 Å². The zero-order valence-corrected chi connectivity index (χ0v) is 25.3. The number of hydrogen-bond acceptors (Lipinski definition) is 6. The van der Waals surface area contributed by atoms with Gasteiger partial charge in [-0.05, 0) is 92.4 Å². The number of hydrogen-bond donors (Lipinski definition) is 2. The van der Waals surface area contributed by atoms with Crippen molar-refractivity contribution in [2.75, 3.05) is 43.5 Å². The molecule has 6 rings (SSSR count). The molecular formula is C33H38N4O4S. The number of aromatic nitrogens is 1. The molecule has 0 unspecified atom stereocenters. The Kier molecular flexibility index (Phi) is 8.07. The number of benzene rings is 2. The number of anilines is 2. The van der Waals surface area contributed by atoms with E-state index in [9.17, 15) is 9.59 Å². The zero-order chi connectivity index (χ0) is 29.3. The highest BCUT2D eigenvalue weighted by Crippen LogP contribution is 2.44. The van der Waals surface area contributed by atoms with Crippen LogP contribution in [-0.2, 0) is 16.0 Å². The molecule has 9 heteroatoms. The van der Waals surface area contributed by atoms with Gasteiger partial charge in [0.15, 0.2) is 0 Å². The van der Waals surface area contributed by atoms with E-state index in [-0.39, 0.29) is 5.91 Å². The third-order valence-electron chi connectivity index (χ3n) is 7.64. The monoisotopic (exact) mass is 586 g/mol. The van der Waals surface area contributed by atoms with Crippen LogP contribution in [0.3, 0.4) is 0 Å². The van der Waals surface area contributed by atoms with E-state index in [1.165, 1.54) is 11.1 Å². The average molecular weight is 587 g/mol. The molecule has 2 aromatic carbocycles. The minimum absolute atomic E-state index is 0.213. The van der Waals surface area contributed by atoms with Gasteiger partial charge in [0, 0.05) is 48.2 Å². The van der Waals surface area contributed by atoms with Gasteiger partial charge in [-0.3, -0.25) is 15.0 Å². The molecule has 2 amide bonds. The van der Waals surface area contributed by atoms with Crippen molar-refractivity contribution in [2.45, 2.75) is 51.7 Å². The number of morpholine rings is 1. The highest BCUT2D eigenvalue weighted by Gasteiger charge is 2.28. The maximum Gasteiger partial charge on any atom is 0.412 e. The molecule has 2 fully saturated rings. The van der Waals surface area contributed by atoms with Crippen molar-refractivity contribution in [1.29, 1.82) is 0 Å². The predicted octanol–water partition coefficient (Wildman–Crippen LogP) is 7.18. The van der Waals surface area contributed by atoms with Crippen molar-refractivity contribution in [3.05, 3.63) is 71.2 Å². The molecule has 4 aromatic rings. The Morgan fingerprint density at radius 1 is 1.00 bits per heavy atom. The summed E-state index contributed by atoms with van der Waals surface area (Å²) in [5.41, 5.74) is 4.40. The minimum Gasteiger partial charge on any atom is -0.444 e. The molecule has 8 nitrogen and oxygen atoms in total. The lowest BCUT2D eigenvalue weighted by Gasteiger charge is -2.26. The summed E-state index contributed by atoms with van der Waals surface area (Å²) in [4.78, 5) is 29.9. The topological polar surface area (TPSA) is 84.8 Å². The van der Waals surface area contributed by atoms with Gasteiger partial charge >= 0.3 is 6.09 Å². The van der Waals surface area contributed by atoms with Crippen LogP contribution in [0.4, 0.5) is 16.2 Å². The third kappa shape index (κ3) is 6.69. The maximum absolute atomic E-state index is 13.8. The van der Waals surface area contributed by atoms with Crippen molar-refractivity contribution in [3.8, 4) is 10.4 Å². The molecular weight excluding hydrogens is 548 g/mol. The fourth-order valence-electron chi connectivity index (χ4n) is 5.44. The molecule has 1 aliphatic carbocycles. The van der Waals surface area contributed by atoms with Gasteiger partial charge in [0.05, 0.1) is 30.1 Å². The van der Waals surface area contributed by atoms with Gasteiger partial charge in [-0.25, -0.2) is 4.79 Å². The molecule has 2 aliphatic rings. The largest absolute Gasteiger partial charge is 0.444 e. The second kappa shape index (κ2) is 11.9. The highest BCUT2D eigenvalue weighted by atomic mass is 32.1. The predicted molar refractivity (Wildman–Crippen MR) is 169 cm³/mol. The standard InChI is InChI=1S/C33H38N4O4S/c1-33(2,3)41-32(39)35-27-9-8-23(29-5-4-18-42-29)21-28(27)34-31(38)25-19-24-10-11-37(13-12-36-14-16-40-17-15-36)30(24)26(20-25)22-6-7-22/h4-5,8-11,18-22H,6-7,12-17H2,1-3H3,(H,34,38)(H,35,39). The molecule has 220 valence electrons. The molecule has 2 aromatic heterocycles. The van der Waals surface area contributed by atoms with Gasteiger partial charge in [0.1, 0.15) is 5.60 Å². The van der Waals surface area contributed by atoms with E-state index >= 15 is 0 Å². The van der Waals surface area contributed by atoms with Gasteiger partial charge in [0.25, 0.3) is 5.91 Å². The minimum atomic E-state index is -0.641. The fraction of sp³-hybridized carbons (Fsp3) is 0.394. The number of carbonyl (C=O) groups excluding carboxylic acids is 2. The van der Waals surface area contributed by atoms with Gasteiger partial charge in [-0.15, -0.1) is 11.3 Å². The number of fused-ring (bicyclic) bond motifs is 1. The van der Waals surface area contributed by atoms with E-state index < -0.39 is 11.7 Å². The fourth-order valence-corrected chi connectivity index (χ4v) is 6.17. The van der Waals surface area contributed by atoms with Crippen LogP contribution in [0.25, 0.3) is 21.3 Å². The summed E-state index contributed by atoms with van der Waals surface area (Å²) in [7, 11) is 0. The van der Waals surface area contributed by atoms with Crippen LogP contribution in [0.2, 0.25) is 0 Å². The normalized spacial score (nSPS) is 16.0. The molecule has 1 saturated heterocycles. The maximum atomic E-state index is 13.8. The first-order valence-corrected chi connectivity index (χ1v) is 15.5. The van der Waals surface area contributed by atoms with Crippen molar-refractivity contribution >= 4 is 45.6 Å². The summed E-state index contributed by atoms with van der Waals surface area (Å²) in [6, 6.07) is 15.8.